The molecule has 0 spiro atoms. The lowest BCUT2D eigenvalue weighted by Crippen LogP contribution is -2.45. The molecular formula is C19H31N3OS. The Bertz CT molecular complexity index is 545. The van der Waals surface area contributed by atoms with Crippen molar-refractivity contribution in [3.8, 4) is 5.75 Å². The maximum atomic E-state index is 6.11. The lowest BCUT2D eigenvalue weighted by atomic mass is 9.90. The van der Waals surface area contributed by atoms with Crippen LogP contribution in [0.2, 0.25) is 0 Å². The van der Waals surface area contributed by atoms with Crippen LogP contribution >= 0.6 is 11.8 Å². The van der Waals surface area contributed by atoms with Crippen LogP contribution in [0.1, 0.15) is 51.6 Å². The highest BCUT2D eigenvalue weighted by Gasteiger charge is 2.33. The van der Waals surface area contributed by atoms with Gasteiger partial charge in [0.1, 0.15) is 11.4 Å². The molecule has 1 aromatic rings. The van der Waals surface area contributed by atoms with Gasteiger partial charge < -0.3 is 15.4 Å². The summed E-state index contributed by atoms with van der Waals surface area (Å²) in [5.41, 5.74) is 1.03. The lowest BCUT2D eigenvalue weighted by molar-refractivity contribution is 0.0694. The van der Waals surface area contributed by atoms with E-state index in [9.17, 15) is 0 Å². The van der Waals surface area contributed by atoms with Gasteiger partial charge in [0.25, 0.3) is 0 Å². The van der Waals surface area contributed by atoms with E-state index in [1.165, 1.54) is 17.7 Å². The second-order valence-corrected chi connectivity index (χ2v) is 7.75. The van der Waals surface area contributed by atoms with Crippen molar-refractivity contribution in [2.24, 2.45) is 4.99 Å². The van der Waals surface area contributed by atoms with Crippen LogP contribution < -0.4 is 15.4 Å². The monoisotopic (exact) mass is 349 g/mol. The molecule has 0 saturated heterocycles. The van der Waals surface area contributed by atoms with Crippen LogP contribution in [0.5, 0.6) is 5.75 Å². The van der Waals surface area contributed by atoms with E-state index >= 15 is 0 Å². The van der Waals surface area contributed by atoms with Crippen LogP contribution in [0.15, 0.2) is 29.3 Å². The molecular weight excluding hydrogens is 318 g/mol. The Morgan fingerprint density at radius 2 is 2.12 bits per heavy atom. The fourth-order valence-corrected chi connectivity index (χ4v) is 3.46. The topological polar surface area (TPSA) is 45.7 Å². The van der Waals surface area contributed by atoms with Crippen molar-refractivity contribution in [2.45, 2.75) is 51.7 Å². The molecule has 0 bridgehead atoms. The van der Waals surface area contributed by atoms with Crippen molar-refractivity contribution in [1.29, 1.82) is 0 Å². The number of unbranched alkanes of at least 4 members (excludes halogenated alkanes) is 1. The molecule has 24 heavy (non-hydrogen) atoms. The highest BCUT2D eigenvalue weighted by atomic mass is 32.2. The van der Waals surface area contributed by atoms with E-state index in [1.807, 2.05) is 17.8 Å². The number of hydrogen-bond donors (Lipinski definition) is 2. The molecule has 0 fully saturated rings. The zero-order valence-electron chi connectivity index (χ0n) is 15.4. The fourth-order valence-electron chi connectivity index (χ4n) is 2.97. The number of nitrogens with zero attached hydrogens (tertiary/aromatic N) is 1. The zero-order chi connectivity index (χ0) is 17.4. The Hall–Kier alpha value is -1.36. The summed E-state index contributed by atoms with van der Waals surface area (Å²) in [7, 11) is 0. The van der Waals surface area contributed by atoms with Gasteiger partial charge in [0.15, 0.2) is 5.96 Å². The SMILES string of the molecule is CCNC(=NCCCCSC)NC1CC(C)(C)Oc2ccccc21. The normalized spacial score (nSPS) is 19.3. The summed E-state index contributed by atoms with van der Waals surface area (Å²) in [4.78, 5) is 4.74. The predicted molar refractivity (Wildman–Crippen MR) is 105 cm³/mol. The smallest absolute Gasteiger partial charge is 0.191 e. The molecule has 1 heterocycles. The molecule has 1 aromatic carbocycles. The molecule has 0 aromatic heterocycles. The summed E-state index contributed by atoms with van der Waals surface area (Å²) in [5.74, 6) is 3.09. The van der Waals surface area contributed by atoms with Gasteiger partial charge in [-0.2, -0.15) is 11.8 Å². The number of ether oxygens (including phenoxy) is 1. The van der Waals surface area contributed by atoms with E-state index < -0.39 is 0 Å². The molecule has 2 N–H and O–H groups in total. The number of nitrogens with one attached hydrogen (secondary N) is 2. The Balaban J connectivity index is 2.06. The Labute approximate surface area is 150 Å². The third-order valence-corrected chi connectivity index (χ3v) is 4.75. The number of fused-ring (bicyclic) bond motifs is 1. The molecule has 1 atom stereocenters. The number of guanidine groups is 1. The van der Waals surface area contributed by atoms with Crippen LogP contribution in [-0.2, 0) is 0 Å². The summed E-state index contributed by atoms with van der Waals surface area (Å²) >= 11 is 1.90. The van der Waals surface area contributed by atoms with Gasteiger partial charge in [0.2, 0.25) is 0 Å². The molecule has 2 rings (SSSR count). The van der Waals surface area contributed by atoms with E-state index in [4.69, 9.17) is 9.73 Å². The fraction of sp³-hybridized carbons (Fsp3) is 0.632. The van der Waals surface area contributed by atoms with E-state index in [2.05, 4.69) is 55.9 Å². The summed E-state index contributed by atoms with van der Waals surface area (Å²) in [5, 5.41) is 6.99. The minimum atomic E-state index is -0.179. The third kappa shape index (κ3) is 5.62. The van der Waals surface area contributed by atoms with E-state index in [0.717, 1.165) is 37.6 Å². The second-order valence-electron chi connectivity index (χ2n) is 6.76. The van der Waals surface area contributed by atoms with Gasteiger partial charge in [-0.1, -0.05) is 18.2 Å². The van der Waals surface area contributed by atoms with Crippen molar-refractivity contribution in [3.05, 3.63) is 29.8 Å². The number of aliphatic imine (C=N–C) groups is 1. The minimum absolute atomic E-state index is 0.179. The van der Waals surface area contributed by atoms with Crippen LogP contribution in [0.4, 0.5) is 0 Å². The van der Waals surface area contributed by atoms with Crippen LogP contribution in [0, 0.1) is 0 Å². The van der Waals surface area contributed by atoms with E-state index in [-0.39, 0.29) is 11.6 Å². The summed E-state index contributed by atoms with van der Waals surface area (Å²) in [6.45, 7) is 8.12. The number of hydrogen-bond acceptors (Lipinski definition) is 3. The van der Waals surface area contributed by atoms with Crippen molar-refractivity contribution < 1.29 is 4.74 Å². The lowest BCUT2D eigenvalue weighted by Gasteiger charge is -2.38. The van der Waals surface area contributed by atoms with Gasteiger partial charge in [-0.25, -0.2) is 0 Å². The first-order valence-electron chi connectivity index (χ1n) is 8.87. The first kappa shape index (κ1) is 19.0. The Kier molecular flexibility index (Phi) is 7.28. The van der Waals surface area contributed by atoms with E-state index in [1.54, 1.807) is 0 Å². The van der Waals surface area contributed by atoms with Crippen molar-refractivity contribution in [1.82, 2.24) is 10.6 Å². The van der Waals surface area contributed by atoms with Crippen molar-refractivity contribution >= 4 is 17.7 Å². The number of benzene rings is 1. The summed E-state index contributed by atoms with van der Waals surface area (Å²) < 4.78 is 6.11. The Morgan fingerprint density at radius 1 is 1.33 bits per heavy atom. The molecule has 1 aliphatic heterocycles. The predicted octanol–water partition coefficient (Wildman–Crippen LogP) is 3.99. The van der Waals surface area contributed by atoms with Gasteiger partial charge in [0.05, 0.1) is 6.04 Å². The quantitative estimate of drug-likeness (QED) is 0.444. The van der Waals surface area contributed by atoms with Crippen LogP contribution in [0.25, 0.3) is 0 Å². The van der Waals surface area contributed by atoms with Crippen LogP contribution in [-0.4, -0.2) is 36.7 Å². The largest absolute Gasteiger partial charge is 0.487 e. The molecule has 0 amide bonds. The number of para-hydroxylation sites is 1. The summed E-state index contributed by atoms with van der Waals surface area (Å²) in [6.07, 6.45) is 5.42. The van der Waals surface area contributed by atoms with E-state index in [0.29, 0.717) is 0 Å². The zero-order valence-corrected chi connectivity index (χ0v) is 16.2. The molecule has 0 aliphatic carbocycles. The van der Waals surface area contributed by atoms with Crippen LogP contribution in [0.3, 0.4) is 0 Å². The molecule has 1 aliphatic rings. The first-order chi connectivity index (χ1) is 11.6. The van der Waals surface area contributed by atoms with Gasteiger partial charge in [-0.15, -0.1) is 0 Å². The highest BCUT2D eigenvalue weighted by Crippen LogP contribution is 2.39. The van der Waals surface area contributed by atoms with Gasteiger partial charge in [-0.05, 0) is 51.7 Å². The van der Waals surface area contributed by atoms with Gasteiger partial charge >= 0.3 is 0 Å². The maximum absolute atomic E-state index is 6.11. The van der Waals surface area contributed by atoms with Crippen molar-refractivity contribution in [3.63, 3.8) is 0 Å². The molecule has 4 nitrogen and oxygen atoms in total. The second kappa shape index (κ2) is 9.21. The summed E-state index contributed by atoms with van der Waals surface area (Å²) in [6, 6.07) is 8.51. The van der Waals surface area contributed by atoms with Crippen molar-refractivity contribution in [2.75, 3.05) is 25.1 Å². The minimum Gasteiger partial charge on any atom is -0.487 e. The third-order valence-electron chi connectivity index (χ3n) is 4.06. The number of rotatable bonds is 7. The highest BCUT2D eigenvalue weighted by molar-refractivity contribution is 7.98. The average molecular weight is 350 g/mol. The molecule has 0 saturated carbocycles. The molecule has 134 valence electrons. The molecule has 1 unspecified atom stereocenters. The molecule has 0 radical (unpaired) electrons. The standard InChI is InChI=1S/C19H31N3OS/c1-5-20-18(21-12-8-9-13-24-4)22-16-14-19(2,3)23-17-11-7-6-10-15(16)17/h6-7,10-11,16H,5,8-9,12-14H2,1-4H3,(H2,20,21,22). The Morgan fingerprint density at radius 3 is 2.88 bits per heavy atom. The first-order valence-corrected chi connectivity index (χ1v) is 10.3. The maximum Gasteiger partial charge on any atom is 0.191 e. The molecule has 5 heteroatoms. The van der Waals surface area contributed by atoms with Gasteiger partial charge in [-0.3, -0.25) is 4.99 Å². The number of thioether (sulfide) groups is 1. The average Bonchev–Trinajstić information content (AvgIpc) is 2.53. The van der Waals surface area contributed by atoms with Gasteiger partial charge in [0, 0.05) is 25.1 Å².